The number of rotatable bonds is 2. The Morgan fingerprint density at radius 3 is 3.06 bits per heavy atom. The summed E-state index contributed by atoms with van der Waals surface area (Å²) in [5.41, 5.74) is 1.60. The van der Waals surface area contributed by atoms with Crippen molar-refractivity contribution in [3.05, 3.63) is 45.4 Å². The molecule has 0 spiro atoms. The van der Waals surface area contributed by atoms with Crippen LogP contribution in [-0.4, -0.2) is 14.5 Å². The van der Waals surface area contributed by atoms with Crippen LogP contribution in [0.3, 0.4) is 0 Å². The highest BCUT2D eigenvalue weighted by molar-refractivity contribution is 7.71. The van der Waals surface area contributed by atoms with Crippen LogP contribution in [0.5, 0.6) is 0 Å². The summed E-state index contributed by atoms with van der Waals surface area (Å²) in [6, 6.07) is 4.67. The molecular weight excluding hydrogens is 269 g/mol. The smallest absolute Gasteiger partial charge is 0.178 e. The molecule has 1 aromatic carbocycles. The molecule has 3 nitrogen and oxygen atoms in total. The Morgan fingerprint density at radius 2 is 2.33 bits per heavy atom. The first-order chi connectivity index (χ1) is 8.66. The molecule has 0 radical (unpaired) electrons. The second-order valence-corrected chi connectivity index (χ2v) is 5.32. The summed E-state index contributed by atoms with van der Waals surface area (Å²) in [5.74, 6) is -0.271. The highest BCUT2D eigenvalue weighted by atomic mass is 32.1. The van der Waals surface area contributed by atoms with Gasteiger partial charge in [-0.3, -0.25) is 0 Å². The maximum absolute atomic E-state index is 13.2. The molecule has 0 bridgehead atoms. The Bertz CT molecular complexity index is 742. The van der Waals surface area contributed by atoms with Gasteiger partial charge in [0.2, 0.25) is 0 Å². The molecule has 0 saturated heterocycles. The van der Waals surface area contributed by atoms with E-state index in [2.05, 4.69) is 9.97 Å². The maximum atomic E-state index is 13.2. The number of nitrogens with one attached hydrogen (secondary N) is 1. The minimum Gasteiger partial charge on any atom is -0.330 e. The molecule has 1 N–H and O–H groups in total. The first-order valence-electron chi connectivity index (χ1n) is 5.46. The van der Waals surface area contributed by atoms with Crippen molar-refractivity contribution < 1.29 is 4.39 Å². The van der Waals surface area contributed by atoms with Gasteiger partial charge in [0.05, 0.1) is 17.1 Å². The van der Waals surface area contributed by atoms with E-state index >= 15 is 0 Å². The van der Waals surface area contributed by atoms with Crippen LogP contribution in [0.15, 0.2) is 29.8 Å². The van der Waals surface area contributed by atoms with Gasteiger partial charge in [-0.1, -0.05) is 0 Å². The number of halogens is 1. The minimum atomic E-state index is -0.271. The maximum Gasteiger partial charge on any atom is 0.178 e. The van der Waals surface area contributed by atoms with Gasteiger partial charge in [-0.05, 0) is 37.3 Å². The van der Waals surface area contributed by atoms with Gasteiger partial charge in [-0.15, -0.1) is 11.3 Å². The zero-order valence-corrected chi connectivity index (χ0v) is 11.2. The standard InChI is InChI=1S/C12H10FN3S2/c1-7(11-14-4-5-18-11)16-10-3-2-8(13)6-9(10)15-12(16)17/h2-7H,1H3,(H,15,17). The molecule has 0 aliphatic carbocycles. The van der Waals surface area contributed by atoms with Crippen LogP contribution >= 0.6 is 23.6 Å². The van der Waals surface area contributed by atoms with Gasteiger partial charge in [0.25, 0.3) is 0 Å². The van der Waals surface area contributed by atoms with Gasteiger partial charge >= 0.3 is 0 Å². The van der Waals surface area contributed by atoms with Gasteiger partial charge in [0.15, 0.2) is 4.77 Å². The Hall–Kier alpha value is -1.53. The summed E-state index contributed by atoms with van der Waals surface area (Å²) in [6.07, 6.45) is 1.77. The van der Waals surface area contributed by atoms with Crippen LogP contribution in [0.4, 0.5) is 4.39 Å². The average molecular weight is 279 g/mol. The molecule has 18 heavy (non-hydrogen) atoms. The third-order valence-electron chi connectivity index (χ3n) is 2.87. The fraction of sp³-hybridized carbons (Fsp3) is 0.167. The third kappa shape index (κ3) is 1.77. The highest BCUT2D eigenvalue weighted by Gasteiger charge is 2.15. The van der Waals surface area contributed by atoms with Gasteiger partial charge in [0.1, 0.15) is 10.8 Å². The average Bonchev–Trinajstić information content (AvgIpc) is 2.94. The van der Waals surface area contributed by atoms with Crippen LogP contribution in [0.2, 0.25) is 0 Å². The molecule has 2 aromatic heterocycles. The quantitative estimate of drug-likeness (QED) is 0.722. The van der Waals surface area contributed by atoms with Gasteiger partial charge in [-0.25, -0.2) is 9.37 Å². The van der Waals surface area contributed by atoms with Gasteiger partial charge < -0.3 is 9.55 Å². The lowest BCUT2D eigenvalue weighted by Crippen LogP contribution is -2.06. The van der Waals surface area contributed by atoms with E-state index in [1.165, 1.54) is 12.1 Å². The highest BCUT2D eigenvalue weighted by Crippen LogP contribution is 2.25. The van der Waals surface area contributed by atoms with Crippen LogP contribution < -0.4 is 0 Å². The molecule has 0 amide bonds. The second kappa shape index (κ2) is 4.29. The SMILES string of the molecule is CC(c1nccs1)n1c(=S)[nH]c2cc(F)ccc21. The molecule has 0 fully saturated rings. The number of nitrogens with zero attached hydrogens (tertiary/aromatic N) is 2. The van der Waals surface area contributed by atoms with Crippen LogP contribution in [0.25, 0.3) is 11.0 Å². The number of hydrogen-bond donors (Lipinski definition) is 1. The number of thiazole rings is 1. The predicted molar refractivity (Wildman–Crippen MR) is 73.0 cm³/mol. The van der Waals surface area contributed by atoms with Crippen LogP contribution in [0.1, 0.15) is 18.0 Å². The molecular formula is C12H10FN3S2. The van der Waals surface area contributed by atoms with Crippen molar-refractivity contribution in [2.45, 2.75) is 13.0 Å². The molecule has 1 atom stereocenters. The van der Waals surface area contributed by atoms with Crippen molar-refractivity contribution in [3.8, 4) is 0 Å². The molecule has 1 unspecified atom stereocenters. The van der Waals surface area contributed by atoms with Crippen molar-refractivity contribution in [1.82, 2.24) is 14.5 Å². The molecule has 3 aromatic rings. The number of aromatic nitrogens is 3. The van der Waals surface area contributed by atoms with E-state index < -0.39 is 0 Å². The topological polar surface area (TPSA) is 33.6 Å². The number of hydrogen-bond acceptors (Lipinski definition) is 3. The summed E-state index contributed by atoms with van der Waals surface area (Å²) in [5, 5.41) is 2.92. The van der Waals surface area contributed by atoms with Gasteiger partial charge in [-0.2, -0.15) is 0 Å². The van der Waals surface area contributed by atoms with Crippen LogP contribution in [0, 0.1) is 10.6 Å². The largest absolute Gasteiger partial charge is 0.330 e. The summed E-state index contributed by atoms with van der Waals surface area (Å²) < 4.78 is 15.7. The van der Waals surface area contributed by atoms with E-state index in [1.807, 2.05) is 16.9 Å². The zero-order valence-electron chi connectivity index (χ0n) is 9.55. The van der Waals surface area contributed by atoms with Gasteiger partial charge in [0, 0.05) is 11.6 Å². The van der Waals surface area contributed by atoms with Crippen LogP contribution in [-0.2, 0) is 0 Å². The zero-order chi connectivity index (χ0) is 12.7. The molecule has 0 aliphatic heterocycles. The fourth-order valence-corrected chi connectivity index (χ4v) is 3.09. The number of imidazole rings is 1. The van der Waals surface area contributed by atoms with E-state index in [9.17, 15) is 4.39 Å². The Morgan fingerprint density at radius 1 is 1.50 bits per heavy atom. The summed E-state index contributed by atoms with van der Waals surface area (Å²) in [7, 11) is 0. The second-order valence-electron chi connectivity index (χ2n) is 4.01. The van der Waals surface area contributed by atoms with E-state index in [4.69, 9.17) is 12.2 Å². The predicted octanol–water partition coefficient (Wildman–Crippen LogP) is 3.90. The van der Waals surface area contributed by atoms with E-state index in [0.717, 1.165) is 10.5 Å². The van der Waals surface area contributed by atoms with E-state index in [0.29, 0.717) is 10.3 Å². The lowest BCUT2D eigenvalue weighted by atomic mass is 10.3. The lowest BCUT2D eigenvalue weighted by Gasteiger charge is -2.11. The molecule has 6 heteroatoms. The number of fused-ring (bicyclic) bond motifs is 1. The first kappa shape index (κ1) is 11.6. The monoisotopic (exact) mass is 279 g/mol. The van der Waals surface area contributed by atoms with Crippen molar-refractivity contribution in [2.75, 3.05) is 0 Å². The third-order valence-corrected chi connectivity index (χ3v) is 4.12. The lowest BCUT2D eigenvalue weighted by molar-refractivity contribution is 0.627. The molecule has 92 valence electrons. The molecule has 0 aliphatic rings. The van der Waals surface area contributed by atoms with E-state index in [1.54, 1.807) is 23.6 Å². The summed E-state index contributed by atoms with van der Waals surface area (Å²) in [4.78, 5) is 7.33. The fourth-order valence-electron chi connectivity index (χ4n) is 2.04. The Labute approximate surface area is 112 Å². The number of benzene rings is 1. The number of aromatic amines is 1. The molecule has 0 saturated carbocycles. The molecule has 2 heterocycles. The minimum absolute atomic E-state index is 0.0386. The Kier molecular flexibility index (Phi) is 2.76. The summed E-state index contributed by atoms with van der Waals surface area (Å²) >= 11 is 6.89. The van der Waals surface area contributed by atoms with Crippen molar-refractivity contribution >= 4 is 34.6 Å². The van der Waals surface area contributed by atoms with Crippen molar-refractivity contribution in [2.24, 2.45) is 0 Å². The molecule has 3 rings (SSSR count). The van der Waals surface area contributed by atoms with Crippen molar-refractivity contribution in [1.29, 1.82) is 0 Å². The normalized spacial score (nSPS) is 13.0. The summed E-state index contributed by atoms with van der Waals surface area (Å²) in [6.45, 7) is 2.03. The first-order valence-corrected chi connectivity index (χ1v) is 6.75. The van der Waals surface area contributed by atoms with E-state index in [-0.39, 0.29) is 11.9 Å². The number of H-pyrrole nitrogens is 1. The van der Waals surface area contributed by atoms with Crippen molar-refractivity contribution in [3.63, 3.8) is 0 Å². The Balaban J connectivity index is 2.23.